The summed E-state index contributed by atoms with van der Waals surface area (Å²) in [5.41, 5.74) is -0.374. The lowest BCUT2D eigenvalue weighted by molar-refractivity contribution is -0.151. The summed E-state index contributed by atoms with van der Waals surface area (Å²) in [6, 6.07) is 5.61. The maximum atomic E-state index is 13.1. The Bertz CT molecular complexity index is 600. The van der Waals surface area contributed by atoms with Crippen LogP contribution in [0.5, 0.6) is 0 Å². The zero-order chi connectivity index (χ0) is 17.9. The first-order valence-corrected chi connectivity index (χ1v) is 8.73. The molecule has 2 fully saturated rings. The van der Waals surface area contributed by atoms with Crippen molar-refractivity contribution in [3.63, 3.8) is 0 Å². The number of carbonyl (C=O) groups excluding carboxylic acids is 1. The van der Waals surface area contributed by atoms with Crippen molar-refractivity contribution in [2.75, 3.05) is 32.8 Å². The van der Waals surface area contributed by atoms with Crippen LogP contribution < -0.4 is 0 Å². The maximum Gasteiger partial charge on any atom is 0.416 e. The van der Waals surface area contributed by atoms with E-state index in [4.69, 9.17) is 4.74 Å². The summed E-state index contributed by atoms with van der Waals surface area (Å²) in [5, 5.41) is 0. The lowest BCUT2D eigenvalue weighted by Crippen LogP contribution is -2.51. The van der Waals surface area contributed by atoms with E-state index >= 15 is 0 Å². The molecule has 1 aromatic carbocycles. The Balaban J connectivity index is 1.65. The number of hydrogen-bond acceptors (Lipinski definition) is 3. The lowest BCUT2D eigenvalue weighted by atomic mass is 10.1. The van der Waals surface area contributed by atoms with Crippen LogP contribution in [-0.2, 0) is 22.3 Å². The van der Waals surface area contributed by atoms with Crippen molar-refractivity contribution >= 4 is 5.91 Å². The third kappa shape index (κ3) is 4.52. The zero-order valence-electron chi connectivity index (χ0n) is 14.1. The average molecular weight is 356 g/mol. The van der Waals surface area contributed by atoms with Crippen LogP contribution in [0.15, 0.2) is 24.3 Å². The minimum Gasteiger partial charge on any atom is -0.366 e. The number of carbonyl (C=O) groups is 1. The van der Waals surface area contributed by atoms with Gasteiger partial charge in [-0.1, -0.05) is 18.2 Å². The molecule has 1 amide bonds. The smallest absolute Gasteiger partial charge is 0.366 e. The van der Waals surface area contributed by atoms with Crippen LogP contribution in [0, 0.1) is 0 Å². The fourth-order valence-electron chi connectivity index (χ4n) is 3.49. The van der Waals surface area contributed by atoms with Gasteiger partial charge in [-0.15, -0.1) is 0 Å². The molecule has 0 radical (unpaired) electrons. The average Bonchev–Trinajstić information content (AvgIpc) is 2.62. The van der Waals surface area contributed by atoms with Gasteiger partial charge in [-0.3, -0.25) is 9.69 Å². The van der Waals surface area contributed by atoms with E-state index in [0.717, 1.165) is 38.4 Å². The van der Waals surface area contributed by atoms with E-state index in [1.165, 1.54) is 12.1 Å². The largest absolute Gasteiger partial charge is 0.416 e. The fourth-order valence-corrected chi connectivity index (χ4v) is 3.49. The number of rotatable bonds is 3. The third-order valence-corrected chi connectivity index (χ3v) is 4.81. The molecule has 25 heavy (non-hydrogen) atoms. The molecule has 1 aromatic rings. The van der Waals surface area contributed by atoms with Gasteiger partial charge >= 0.3 is 6.18 Å². The van der Waals surface area contributed by atoms with Crippen LogP contribution >= 0.6 is 0 Å². The van der Waals surface area contributed by atoms with Crippen LogP contribution in [0.4, 0.5) is 13.2 Å². The summed E-state index contributed by atoms with van der Waals surface area (Å²) >= 11 is 0. The highest BCUT2D eigenvalue weighted by Gasteiger charge is 2.35. The Morgan fingerprint density at radius 3 is 2.56 bits per heavy atom. The Labute approximate surface area is 145 Å². The van der Waals surface area contributed by atoms with E-state index in [1.54, 1.807) is 6.07 Å². The van der Waals surface area contributed by atoms with Crippen LogP contribution in [0.25, 0.3) is 0 Å². The SMILES string of the molecule is O=C(C1CN(Cc2ccccc2C(F)(F)F)CCO1)N1CCCCC1. The van der Waals surface area contributed by atoms with Crippen molar-refractivity contribution in [2.45, 2.75) is 38.1 Å². The number of amides is 1. The van der Waals surface area contributed by atoms with Crippen molar-refractivity contribution in [2.24, 2.45) is 0 Å². The predicted molar refractivity (Wildman–Crippen MR) is 86.9 cm³/mol. The molecule has 2 aliphatic rings. The van der Waals surface area contributed by atoms with Gasteiger partial charge in [-0.05, 0) is 30.9 Å². The fraction of sp³-hybridized carbons (Fsp3) is 0.611. The number of likely N-dealkylation sites (tertiary alicyclic amines) is 1. The molecule has 2 heterocycles. The zero-order valence-corrected chi connectivity index (χ0v) is 14.1. The van der Waals surface area contributed by atoms with E-state index in [9.17, 15) is 18.0 Å². The van der Waals surface area contributed by atoms with Crippen LogP contribution in [0.1, 0.15) is 30.4 Å². The molecule has 7 heteroatoms. The van der Waals surface area contributed by atoms with Gasteiger partial charge in [-0.2, -0.15) is 13.2 Å². The van der Waals surface area contributed by atoms with Crippen molar-refractivity contribution in [3.05, 3.63) is 35.4 Å². The van der Waals surface area contributed by atoms with E-state index in [2.05, 4.69) is 0 Å². The second-order valence-electron chi connectivity index (χ2n) is 6.64. The van der Waals surface area contributed by atoms with Gasteiger partial charge in [0.2, 0.25) is 0 Å². The van der Waals surface area contributed by atoms with Gasteiger partial charge in [0.15, 0.2) is 0 Å². The molecular formula is C18H23F3N2O2. The van der Waals surface area contributed by atoms with Crippen LogP contribution in [-0.4, -0.2) is 54.6 Å². The summed E-state index contributed by atoms with van der Waals surface area (Å²) in [6.45, 7) is 2.88. The molecule has 0 aliphatic carbocycles. The van der Waals surface area contributed by atoms with Gasteiger partial charge in [-0.25, -0.2) is 0 Å². The number of nitrogens with zero attached hydrogens (tertiary/aromatic N) is 2. The number of halogens is 3. The molecule has 0 aromatic heterocycles. The maximum absolute atomic E-state index is 13.1. The summed E-state index contributed by atoms with van der Waals surface area (Å²) in [5.74, 6) is -0.0338. The van der Waals surface area contributed by atoms with E-state index in [-0.39, 0.29) is 18.0 Å². The molecule has 138 valence electrons. The number of benzene rings is 1. The number of piperidine rings is 1. The summed E-state index contributed by atoms with van der Waals surface area (Å²) < 4.78 is 45.0. The molecule has 1 atom stereocenters. The molecule has 3 rings (SSSR count). The minimum absolute atomic E-state index is 0.0338. The molecule has 1 unspecified atom stereocenters. The molecule has 0 bridgehead atoms. The van der Waals surface area contributed by atoms with Gasteiger partial charge < -0.3 is 9.64 Å². The van der Waals surface area contributed by atoms with Crippen molar-refractivity contribution < 1.29 is 22.7 Å². The first-order chi connectivity index (χ1) is 11.9. The van der Waals surface area contributed by atoms with E-state index in [1.807, 2.05) is 9.80 Å². The third-order valence-electron chi connectivity index (χ3n) is 4.81. The molecule has 0 spiro atoms. The molecule has 4 nitrogen and oxygen atoms in total. The first-order valence-electron chi connectivity index (χ1n) is 8.73. The number of morpholine rings is 1. The van der Waals surface area contributed by atoms with Gasteiger partial charge in [0, 0.05) is 32.7 Å². The number of hydrogen-bond donors (Lipinski definition) is 0. The standard InChI is InChI=1S/C18H23F3N2O2/c19-18(20,21)15-7-3-2-6-14(15)12-22-10-11-25-16(13-22)17(24)23-8-4-1-5-9-23/h2-3,6-7,16H,1,4-5,8-13H2. The van der Waals surface area contributed by atoms with Gasteiger partial charge in [0.05, 0.1) is 12.2 Å². The van der Waals surface area contributed by atoms with Crippen molar-refractivity contribution in [3.8, 4) is 0 Å². The molecule has 0 N–H and O–H groups in total. The normalized spacial score (nSPS) is 22.8. The molecular weight excluding hydrogens is 333 g/mol. The highest BCUT2D eigenvalue weighted by molar-refractivity contribution is 5.81. The summed E-state index contributed by atoms with van der Waals surface area (Å²) in [4.78, 5) is 16.3. The van der Waals surface area contributed by atoms with Crippen molar-refractivity contribution in [1.82, 2.24) is 9.80 Å². The second-order valence-corrected chi connectivity index (χ2v) is 6.64. The summed E-state index contributed by atoms with van der Waals surface area (Å²) in [7, 11) is 0. The Hall–Kier alpha value is -1.60. The molecule has 0 saturated carbocycles. The van der Waals surface area contributed by atoms with E-state index in [0.29, 0.717) is 19.7 Å². The van der Waals surface area contributed by atoms with Crippen LogP contribution in [0.2, 0.25) is 0 Å². The quantitative estimate of drug-likeness (QED) is 0.835. The molecule has 2 saturated heterocycles. The van der Waals surface area contributed by atoms with Gasteiger partial charge in [0.25, 0.3) is 5.91 Å². The highest BCUT2D eigenvalue weighted by atomic mass is 19.4. The number of alkyl halides is 3. The number of ether oxygens (including phenoxy) is 1. The minimum atomic E-state index is -4.37. The highest BCUT2D eigenvalue weighted by Crippen LogP contribution is 2.32. The van der Waals surface area contributed by atoms with Crippen LogP contribution in [0.3, 0.4) is 0 Å². The van der Waals surface area contributed by atoms with E-state index < -0.39 is 17.8 Å². The lowest BCUT2D eigenvalue weighted by Gasteiger charge is -2.36. The second kappa shape index (κ2) is 7.74. The molecule has 2 aliphatic heterocycles. The van der Waals surface area contributed by atoms with Gasteiger partial charge in [0.1, 0.15) is 6.10 Å². The monoisotopic (exact) mass is 356 g/mol. The Morgan fingerprint density at radius 1 is 1.12 bits per heavy atom. The predicted octanol–water partition coefficient (Wildman–Crippen LogP) is 2.92. The Kier molecular flexibility index (Phi) is 5.64. The first kappa shape index (κ1) is 18.2. The van der Waals surface area contributed by atoms with Crippen molar-refractivity contribution in [1.29, 1.82) is 0 Å². The Morgan fingerprint density at radius 2 is 1.84 bits per heavy atom. The summed E-state index contributed by atoms with van der Waals surface area (Å²) in [6.07, 6.45) is -1.81. The topological polar surface area (TPSA) is 32.8 Å².